The van der Waals surface area contributed by atoms with Crippen LogP contribution in [0, 0.1) is 0 Å². The van der Waals surface area contributed by atoms with Crippen LogP contribution < -0.4 is 5.32 Å². The van der Waals surface area contributed by atoms with Crippen LogP contribution in [0.3, 0.4) is 0 Å². The Hall–Kier alpha value is -1.62. The van der Waals surface area contributed by atoms with E-state index < -0.39 is 0 Å². The highest BCUT2D eigenvalue weighted by molar-refractivity contribution is 6.16. The van der Waals surface area contributed by atoms with Gasteiger partial charge in [0.15, 0.2) is 0 Å². The van der Waals surface area contributed by atoms with E-state index in [9.17, 15) is 0 Å². The summed E-state index contributed by atoms with van der Waals surface area (Å²) in [6.07, 6.45) is 3.46. The van der Waals surface area contributed by atoms with E-state index >= 15 is 0 Å². The van der Waals surface area contributed by atoms with Crippen molar-refractivity contribution in [2.45, 2.75) is 12.4 Å². The Balaban J connectivity index is 1.93. The first-order valence-electron chi connectivity index (χ1n) is 4.39. The lowest BCUT2D eigenvalue weighted by atomic mass is 10.3. The fourth-order valence-electron chi connectivity index (χ4n) is 1.06. The summed E-state index contributed by atoms with van der Waals surface area (Å²) in [5, 5.41) is 10.5. The lowest BCUT2D eigenvalue weighted by Gasteiger charge is -1.99. The van der Waals surface area contributed by atoms with Gasteiger partial charge in [0, 0.05) is 18.9 Å². The molecular formula is C9H9ClN4O. The summed E-state index contributed by atoms with van der Waals surface area (Å²) in [7, 11) is 0. The van der Waals surface area contributed by atoms with Crippen molar-refractivity contribution in [1.29, 1.82) is 0 Å². The fraction of sp³-hybridized carbons (Fsp3) is 0.222. The molecule has 0 aliphatic carbocycles. The molecule has 0 saturated carbocycles. The van der Waals surface area contributed by atoms with Crippen molar-refractivity contribution >= 4 is 17.6 Å². The molecule has 0 aliphatic heterocycles. The Morgan fingerprint density at radius 3 is 2.73 bits per heavy atom. The van der Waals surface area contributed by atoms with Gasteiger partial charge in [0.05, 0.1) is 0 Å². The van der Waals surface area contributed by atoms with Gasteiger partial charge in [-0.15, -0.1) is 16.7 Å². The predicted molar refractivity (Wildman–Crippen MR) is 55.4 cm³/mol. The summed E-state index contributed by atoms with van der Waals surface area (Å²) >= 11 is 5.53. The molecule has 2 rings (SSSR count). The van der Waals surface area contributed by atoms with Crippen LogP contribution in [-0.2, 0) is 12.4 Å². The minimum absolute atomic E-state index is 0.226. The third-order valence-corrected chi connectivity index (χ3v) is 2.00. The third-order valence-electron chi connectivity index (χ3n) is 1.77. The quantitative estimate of drug-likeness (QED) is 0.803. The van der Waals surface area contributed by atoms with Crippen LogP contribution in [0.25, 0.3) is 0 Å². The number of nitrogens with one attached hydrogen (secondary N) is 1. The normalized spacial score (nSPS) is 10.2. The zero-order valence-electron chi connectivity index (χ0n) is 7.85. The summed E-state index contributed by atoms with van der Waals surface area (Å²) in [6, 6.07) is 4.19. The minimum atomic E-state index is 0.226. The van der Waals surface area contributed by atoms with Gasteiger partial charge in [-0.3, -0.25) is 4.98 Å². The molecule has 15 heavy (non-hydrogen) atoms. The first-order valence-corrected chi connectivity index (χ1v) is 4.93. The van der Waals surface area contributed by atoms with Crippen LogP contribution in [0.4, 0.5) is 6.01 Å². The van der Waals surface area contributed by atoms with E-state index in [2.05, 4.69) is 20.5 Å². The lowest BCUT2D eigenvalue weighted by molar-refractivity contribution is 0.525. The number of halogens is 1. The Bertz CT molecular complexity index is 417. The number of alkyl halides is 1. The fourth-order valence-corrected chi connectivity index (χ4v) is 1.17. The summed E-state index contributed by atoms with van der Waals surface area (Å²) in [4.78, 5) is 3.92. The summed E-state index contributed by atoms with van der Waals surface area (Å²) in [5.41, 5.74) is 1.09. The number of nitrogens with zero attached hydrogens (tertiary/aromatic N) is 3. The summed E-state index contributed by atoms with van der Waals surface area (Å²) in [5.74, 6) is 0.637. The maximum absolute atomic E-state index is 5.53. The standard InChI is InChI=1S/C9H9ClN4O/c10-5-8-13-14-9(15-8)12-6-7-1-3-11-4-2-7/h1-4H,5-6H2,(H,12,14). The van der Waals surface area contributed by atoms with Crippen molar-refractivity contribution in [3.05, 3.63) is 36.0 Å². The van der Waals surface area contributed by atoms with Gasteiger partial charge in [0.25, 0.3) is 0 Å². The van der Waals surface area contributed by atoms with E-state index in [0.717, 1.165) is 5.56 Å². The second-order valence-corrected chi connectivity index (χ2v) is 3.11. The highest BCUT2D eigenvalue weighted by atomic mass is 35.5. The Labute approximate surface area is 91.5 Å². The molecule has 2 aromatic heterocycles. The Kier molecular flexibility index (Phi) is 3.14. The molecule has 0 bridgehead atoms. The van der Waals surface area contributed by atoms with Crippen molar-refractivity contribution in [2.24, 2.45) is 0 Å². The van der Waals surface area contributed by atoms with Crippen molar-refractivity contribution in [2.75, 3.05) is 5.32 Å². The van der Waals surface area contributed by atoms with Crippen LogP contribution in [0.2, 0.25) is 0 Å². The van der Waals surface area contributed by atoms with Crippen molar-refractivity contribution in [3.8, 4) is 0 Å². The molecule has 1 N–H and O–H groups in total. The highest BCUT2D eigenvalue weighted by Gasteiger charge is 2.03. The van der Waals surface area contributed by atoms with Gasteiger partial charge < -0.3 is 9.73 Å². The number of hydrogen-bond donors (Lipinski definition) is 1. The molecular weight excluding hydrogens is 216 g/mol. The van der Waals surface area contributed by atoms with Gasteiger partial charge in [0.2, 0.25) is 5.89 Å². The van der Waals surface area contributed by atoms with Gasteiger partial charge in [0.1, 0.15) is 5.88 Å². The number of hydrogen-bond acceptors (Lipinski definition) is 5. The SMILES string of the molecule is ClCc1nnc(NCc2ccncc2)o1. The molecule has 0 radical (unpaired) electrons. The number of aromatic nitrogens is 3. The molecule has 2 aromatic rings. The Morgan fingerprint density at radius 2 is 2.07 bits per heavy atom. The molecule has 0 amide bonds. The van der Waals surface area contributed by atoms with Crippen molar-refractivity contribution in [3.63, 3.8) is 0 Å². The predicted octanol–water partition coefficient (Wildman–Crippen LogP) is 1.82. The number of rotatable bonds is 4. The summed E-state index contributed by atoms with van der Waals surface area (Å²) < 4.78 is 5.17. The van der Waals surface area contributed by atoms with Gasteiger partial charge in [-0.1, -0.05) is 5.10 Å². The molecule has 0 unspecified atom stereocenters. The van der Waals surface area contributed by atoms with E-state index in [1.807, 2.05) is 12.1 Å². The average Bonchev–Trinajstić information content (AvgIpc) is 2.76. The maximum Gasteiger partial charge on any atom is 0.315 e. The van der Waals surface area contributed by atoms with E-state index in [1.165, 1.54) is 0 Å². The monoisotopic (exact) mass is 224 g/mol. The van der Waals surface area contributed by atoms with Gasteiger partial charge >= 0.3 is 6.01 Å². The topological polar surface area (TPSA) is 63.8 Å². The van der Waals surface area contributed by atoms with Crippen LogP contribution >= 0.6 is 11.6 Å². The van der Waals surface area contributed by atoms with Gasteiger partial charge in [-0.25, -0.2) is 0 Å². The smallest absolute Gasteiger partial charge is 0.315 e. The summed E-state index contributed by atoms with van der Waals surface area (Å²) in [6.45, 7) is 0.617. The molecule has 0 atom stereocenters. The van der Waals surface area contributed by atoms with Crippen LogP contribution in [0.1, 0.15) is 11.5 Å². The molecule has 78 valence electrons. The van der Waals surface area contributed by atoms with Gasteiger partial charge in [-0.05, 0) is 17.7 Å². The second-order valence-electron chi connectivity index (χ2n) is 2.84. The van der Waals surface area contributed by atoms with Crippen molar-refractivity contribution in [1.82, 2.24) is 15.2 Å². The van der Waals surface area contributed by atoms with E-state index in [1.54, 1.807) is 12.4 Å². The molecule has 6 heteroatoms. The molecule has 0 aromatic carbocycles. The third kappa shape index (κ3) is 2.66. The van der Waals surface area contributed by atoms with Crippen LogP contribution in [0.15, 0.2) is 28.9 Å². The van der Waals surface area contributed by atoms with E-state index in [0.29, 0.717) is 18.5 Å². The molecule has 2 heterocycles. The molecule has 0 fully saturated rings. The lowest BCUT2D eigenvalue weighted by Crippen LogP contribution is -1.99. The van der Waals surface area contributed by atoms with Crippen molar-refractivity contribution < 1.29 is 4.42 Å². The minimum Gasteiger partial charge on any atom is -0.407 e. The maximum atomic E-state index is 5.53. The number of pyridine rings is 1. The Morgan fingerprint density at radius 1 is 1.27 bits per heavy atom. The number of anilines is 1. The van der Waals surface area contributed by atoms with E-state index in [4.69, 9.17) is 16.0 Å². The largest absolute Gasteiger partial charge is 0.407 e. The average molecular weight is 225 g/mol. The molecule has 0 aliphatic rings. The zero-order chi connectivity index (χ0) is 10.5. The molecule has 0 spiro atoms. The highest BCUT2D eigenvalue weighted by Crippen LogP contribution is 2.08. The van der Waals surface area contributed by atoms with Crippen LogP contribution in [-0.4, -0.2) is 15.2 Å². The molecule has 0 saturated heterocycles. The first kappa shape index (κ1) is 9.92. The second kappa shape index (κ2) is 4.75. The zero-order valence-corrected chi connectivity index (χ0v) is 8.61. The van der Waals surface area contributed by atoms with Crippen LogP contribution in [0.5, 0.6) is 0 Å². The molecule has 5 nitrogen and oxygen atoms in total. The van der Waals surface area contributed by atoms with E-state index in [-0.39, 0.29) is 5.88 Å². The first-order chi connectivity index (χ1) is 7.38. The van der Waals surface area contributed by atoms with Gasteiger partial charge in [-0.2, -0.15) is 0 Å².